The first-order valence-electron chi connectivity index (χ1n) is 5.07. The molecule has 0 aliphatic heterocycles. The van der Waals surface area contributed by atoms with Gasteiger partial charge in [0, 0.05) is 19.4 Å². The molecule has 0 amide bonds. The number of halogens is 2. The number of anilines is 2. The molecule has 0 radical (unpaired) electrons. The van der Waals surface area contributed by atoms with Crippen molar-refractivity contribution in [3.8, 4) is 0 Å². The third-order valence-corrected chi connectivity index (χ3v) is 2.97. The van der Waals surface area contributed by atoms with Gasteiger partial charge in [-0.15, -0.1) is 0 Å². The lowest BCUT2D eigenvalue weighted by atomic mass is 10.3. The van der Waals surface area contributed by atoms with Gasteiger partial charge in [-0.25, -0.2) is 4.98 Å². The molecule has 0 aliphatic carbocycles. The predicted octanol–water partition coefficient (Wildman–Crippen LogP) is 2.93. The Bertz CT molecular complexity index is 539. The zero-order valence-electron chi connectivity index (χ0n) is 9.41. The molecular formula is C10H11BrClN5. The zero-order chi connectivity index (χ0) is 12.4. The lowest BCUT2D eigenvalue weighted by Gasteiger charge is -2.06. The summed E-state index contributed by atoms with van der Waals surface area (Å²) in [6, 6.07) is 0. The molecule has 90 valence electrons. The summed E-state index contributed by atoms with van der Waals surface area (Å²) < 4.78 is 2.52. The highest BCUT2D eigenvalue weighted by Gasteiger charge is 2.09. The third-order valence-electron chi connectivity index (χ3n) is 2.21. The summed E-state index contributed by atoms with van der Waals surface area (Å²) in [4.78, 5) is 7.99. The topological polar surface area (TPSA) is 55.6 Å². The van der Waals surface area contributed by atoms with Gasteiger partial charge in [0.1, 0.15) is 5.82 Å². The van der Waals surface area contributed by atoms with Gasteiger partial charge in [-0.2, -0.15) is 10.1 Å². The van der Waals surface area contributed by atoms with E-state index in [0.29, 0.717) is 5.82 Å². The number of rotatable bonds is 3. The Morgan fingerprint density at radius 3 is 3.00 bits per heavy atom. The van der Waals surface area contributed by atoms with E-state index in [1.165, 1.54) is 0 Å². The molecule has 0 aliphatic rings. The van der Waals surface area contributed by atoms with Crippen LogP contribution in [-0.4, -0.2) is 19.7 Å². The summed E-state index contributed by atoms with van der Waals surface area (Å²) in [7, 11) is 1.88. The Morgan fingerprint density at radius 1 is 1.53 bits per heavy atom. The van der Waals surface area contributed by atoms with Crippen molar-refractivity contribution >= 4 is 39.0 Å². The van der Waals surface area contributed by atoms with Crippen LogP contribution in [0, 0.1) is 0 Å². The molecular weight excluding hydrogens is 306 g/mol. The maximum absolute atomic E-state index is 5.76. The molecule has 2 rings (SSSR count). The molecule has 0 spiro atoms. The Morgan fingerprint density at radius 2 is 2.29 bits per heavy atom. The van der Waals surface area contributed by atoms with Crippen molar-refractivity contribution in [3.05, 3.63) is 27.8 Å². The van der Waals surface area contributed by atoms with Crippen LogP contribution in [0.15, 0.2) is 16.9 Å². The highest BCUT2D eigenvalue weighted by Crippen LogP contribution is 2.25. The number of nitrogens with one attached hydrogen (secondary N) is 1. The molecule has 2 aromatic rings. The smallest absolute Gasteiger partial charge is 0.224 e. The molecule has 7 heteroatoms. The zero-order valence-corrected chi connectivity index (χ0v) is 11.7. The van der Waals surface area contributed by atoms with Gasteiger partial charge in [0.2, 0.25) is 5.28 Å². The molecule has 1 N–H and O–H groups in total. The fraction of sp³-hybridized carbons (Fsp3) is 0.300. The third kappa shape index (κ3) is 2.76. The molecule has 2 heterocycles. The van der Waals surface area contributed by atoms with E-state index in [1.54, 1.807) is 10.9 Å². The predicted molar refractivity (Wildman–Crippen MR) is 70.6 cm³/mol. The quantitative estimate of drug-likeness (QED) is 0.885. The van der Waals surface area contributed by atoms with Gasteiger partial charge in [-0.05, 0) is 34.0 Å². The van der Waals surface area contributed by atoms with Crippen molar-refractivity contribution < 1.29 is 0 Å². The average Bonchev–Trinajstić information content (AvgIpc) is 2.64. The van der Waals surface area contributed by atoms with Crippen molar-refractivity contribution in [1.29, 1.82) is 0 Å². The lowest BCUT2D eigenvalue weighted by molar-refractivity contribution is 0.746. The molecule has 0 saturated carbocycles. The highest BCUT2D eigenvalue weighted by molar-refractivity contribution is 9.10. The SMILES string of the molecule is CCc1nn(C)cc1Nc1nc(Cl)ncc1Br. The van der Waals surface area contributed by atoms with Crippen LogP contribution in [0.3, 0.4) is 0 Å². The van der Waals surface area contributed by atoms with Crippen LogP contribution in [0.4, 0.5) is 11.5 Å². The lowest BCUT2D eigenvalue weighted by Crippen LogP contribution is -1.97. The van der Waals surface area contributed by atoms with Gasteiger partial charge in [-0.1, -0.05) is 6.92 Å². The summed E-state index contributed by atoms with van der Waals surface area (Å²) in [5, 5.41) is 7.73. The first-order valence-corrected chi connectivity index (χ1v) is 6.24. The van der Waals surface area contributed by atoms with E-state index in [0.717, 1.165) is 22.3 Å². The van der Waals surface area contributed by atoms with Crippen LogP contribution in [0.5, 0.6) is 0 Å². The molecule has 0 unspecified atom stereocenters. The van der Waals surface area contributed by atoms with Crippen molar-refractivity contribution in [2.24, 2.45) is 7.05 Å². The number of nitrogens with zero attached hydrogens (tertiary/aromatic N) is 4. The number of aromatic nitrogens is 4. The molecule has 0 atom stereocenters. The van der Waals surface area contributed by atoms with Crippen molar-refractivity contribution in [3.63, 3.8) is 0 Å². The van der Waals surface area contributed by atoms with Crippen LogP contribution < -0.4 is 5.32 Å². The summed E-state index contributed by atoms with van der Waals surface area (Å²) in [6.07, 6.45) is 4.36. The Hall–Kier alpha value is -1.14. The van der Waals surface area contributed by atoms with Crippen molar-refractivity contribution in [1.82, 2.24) is 19.7 Å². The molecule has 0 aromatic carbocycles. The van der Waals surface area contributed by atoms with Crippen LogP contribution in [0.25, 0.3) is 0 Å². The first-order chi connectivity index (χ1) is 8.10. The van der Waals surface area contributed by atoms with Gasteiger partial charge in [0.15, 0.2) is 0 Å². The second-order valence-electron chi connectivity index (χ2n) is 3.48. The summed E-state index contributed by atoms with van der Waals surface area (Å²) in [5.41, 5.74) is 1.90. The highest BCUT2D eigenvalue weighted by atomic mass is 79.9. The Labute approximate surface area is 112 Å². The number of hydrogen-bond donors (Lipinski definition) is 1. The van der Waals surface area contributed by atoms with Gasteiger partial charge in [0.25, 0.3) is 0 Å². The molecule has 5 nitrogen and oxygen atoms in total. The van der Waals surface area contributed by atoms with E-state index in [1.807, 2.05) is 13.2 Å². The molecule has 0 fully saturated rings. The van der Waals surface area contributed by atoms with Gasteiger partial charge >= 0.3 is 0 Å². The monoisotopic (exact) mass is 315 g/mol. The largest absolute Gasteiger partial charge is 0.336 e. The Kier molecular flexibility index (Phi) is 3.63. The second-order valence-corrected chi connectivity index (χ2v) is 4.67. The normalized spacial score (nSPS) is 10.6. The fourth-order valence-corrected chi connectivity index (χ4v) is 1.88. The maximum atomic E-state index is 5.76. The van der Waals surface area contributed by atoms with E-state index in [-0.39, 0.29) is 5.28 Å². The Balaban J connectivity index is 2.33. The minimum atomic E-state index is 0.206. The van der Waals surface area contributed by atoms with E-state index >= 15 is 0 Å². The van der Waals surface area contributed by atoms with Crippen LogP contribution >= 0.6 is 27.5 Å². The summed E-state index contributed by atoms with van der Waals surface area (Å²) in [5.74, 6) is 0.632. The van der Waals surface area contributed by atoms with Crippen molar-refractivity contribution in [2.75, 3.05) is 5.32 Å². The van der Waals surface area contributed by atoms with Crippen LogP contribution in [0.1, 0.15) is 12.6 Å². The minimum Gasteiger partial charge on any atom is -0.336 e. The molecule has 17 heavy (non-hydrogen) atoms. The van der Waals surface area contributed by atoms with Gasteiger partial charge in [-0.3, -0.25) is 4.68 Å². The van der Waals surface area contributed by atoms with E-state index in [9.17, 15) is 0 Å². The summed E-state index contributed by atoms with van der Waals surface area (Å²) in [6.45, 7) is 2.05. The van der Waals surface area contributed by atoms with Crippen molar-refractivity contribution in [2.45, 2.75) is 13.3 Å². The average molecular weight is 317 g/mol. The number of hydrogen-bond acceptors (Lipinski definition) is 4. The molecule has 2 aromatic heterocycles. The second kappa shape index (κ2) is 5.01. The van der Waals surface area contributed by atoms with Crippen LogP contribution in [-0.2, 0) is 13.5 Å². The number of aryl methyl sites for hydroxylation is 2. The van der Waals surface area contributed by atoms with E-state index in [2.05, 4.69) is 43.2 Å². The van der Waals surface area contributed by atoms with E-state index < -0.39 is 0 Å². The van der Waals surface area contributed by atoms with Gasteiger partial charge < -0.3 is 5.32 Å². The first kappa shape index (κ1) is 12.3. The van der Waals surface area contributed by atoms with Gasteiger partial charge in [0.05, 0.1) is 15.9 Å². The molecule has 0 bridgehead atoms. The molecule has 0 saturated heterocycles. The van der Waals surface area contributed by atoms with E-state index in [4.69, 9.17) is 11.6 Å². The summed E-state index contributed by atoms with van der Waals surface area (Å²) >= 11 is 9.13. The maximum Gasteiger partial charge on any atom is 0.224 e. The minimum absolute atomic E-state index is 0.206. The standard InChI is InChI=1S/C10H11BrClN5/c1-3-7-8(5-17(2)16-7)14-9-6(11)4-13-10(12)15-9/h4-5H,3H2,1-2H3,(H,13,14,15). The van der Waals surface area contributed by atoms with Crippen LogP contribution in [0.2, 0.25) is 5.28 Å². The fourth-order valence-electron chi connectivity index (χ4n) is 1.46.